The van der Waals surface area contributed by atoms with Crippen LogP contribution in [0, 0.1) is 5.92 Å². The summed E-state index contributed by atoms with van der Waals surface area (Å²) in [5.41, 5.74) is 5.32. The van der Waals surface area contributed by atoms with Gasteiger partial charge in [-0.3, -0.25) is 9.89 Å². The second kappa shape index (κ2) is 5.20. The number of anilines is 1. The SMILES string of the molecule is Nc1n[nH]c(C(=O)NCC2CCSCC2)n1. The molecule has 0 radical (unpaired) electrons. The molecule has 1 saturated heterocycles. The number of nitrogens with one attached hydrogen (secondary N) is 2. The minimum Gasteiger partial charge on any atom is -0.366 e. The smallest absolute Gasteiger partial charge is 0.288 e. The minimum atomic E-state index is -0.234. The van der Waals surface area contributed by atoms with Crippen molar-refractivity contribution in [2.24, 2.45) is 5.92 Å². The van der Waals surface area contributed by atoms with Crippen molar-refractivity contribution in [1.82, 2.24) is 20.5 Å². The van der Waals surface area contributed by atoms with Crippen molar-refractivity contribution in [3.05, 3.63) is 5.82 Å². The van der Waals surface area contributed by atoms with E-state index in [4.69, 9.17) is 5.73 Å². The molecule has 1 aromatic heterocycles. The third kappa shape index (κ3) is 2.88. The Bertz CT molecular complexity index is 361. The van der Waals surface area contributed by atoms with E-state index < -0.39 is 0 Å². The topological polar surface area (TPSA) is 96.7 Å². The number of amides is 1. The van der Waals surface area contributed by atoms with E-state index in [2.05, 4.69) is 20.5 Å². The van der Waals surface area contributed by atoms with E-state index in [1.165, 1.54) is 24.3 Å². The van der Waals surface area contributed by atoms with E-state index in [1.54, 1.807) is 0 Å². The van der Waals surface area contributed by atoms with E-state index in [0.29, 0.717) is 12.5 Å². The molecule has 7 heteroatoms. The fraction of sp³-hybridized carbons (Fsp3) is 0.667. The lowest BCUT2D eigenvalue weighted by Gasteiger charge is -2.21. The molecule has 0 aromatic carbocycles. The van der Waals surface area contributed by atoms with Crippen molar-refractivity contribution in [2.75, 3.05) is 23.8 Å². The van der Waals surface area contributed by atoms with E-state index in [9.17, 15) is 4.79 Å². The highest BCUT2D eigenvalue weighted by Crippen LogP contribution is 2.21. The maximum Gasteiger partial charge on any atom is 0.288 e. The molecule has 2 rings (SSSR count). The number of nitrogen functional groups attached to an aromatic ring is 1. The summed E-state index contributed by atoms with van der Waals surface area (Å²) < 4.78 is 0. The van der Waals surface area contributed by atoms with Gasteiger partial charge in [0.1, 0.15) is 0 Å². The average molecular weight is 241 g/mol. The van der Waals surface area contributed by atoms with Crippen LogP contribution in [-0.4, -0.2) is 39.1 Å². The second-order valence-electron chi connectivity index (χ2n) is 3.81. The van der Waals surface area contributed by atoms with Gasteiger partial charge in [0.15, 0.2) is 0 Å². The zero-order valence-corrected chi connectivity index (χ0v) is 9.72. The monoisotopic (exact) mass is 241 g/mol. The lowest BCUT2D eigenvalue weighted by atomic mass is 10.0. The summed E-state index contributed by atoms with van der Waals surface area (Å²) in [4.78, 5) is 15.4. The zero-order chi connectivity index (χ0) is 11.4. The Morgan fingerprint density at radius 2 is 2.31 bits per heavy atom. The van der Waals surface area contributed by atoms with Crippen LogP contribution in [0.25, 0.3) is 0 Å². The maximum atomic E-state index is 11.6. The summed E-state index contributed by atoms with van der Waals surface area (Å²) in [6, 6.07) is 0. The van der Waals surface area contributed by atoms with Gasteiger partial charge in [-0.25, -0.2) is 0 Å². The molecule has 6 nitrogen and oxygen atoms in total. The largest absolute Gasteiger partial charge is 0.366 e. The van der Waals surface area contributed by atoms with E-state index in [0.717, 1.165) is 0 Å². The van der Waals surface area contributed by atoms with Gasteiger partial charge in [-0.2, -0.15) is 16.7 Å². The number of nitrogens with two attached hydrogens (primary N) is 1. The van der Waals surface area contributed by atoms with Crippen LogP contribution >= 0.6 is 11.8 Å². The van der Waals surface area contributed by atoms with Crippen molar-refractivity contribution >= 4 is 23.6 Å². The predicted octanol–water partition coefficient (Wildman–Crippen LogP) is 0.260. The first-order valence-corrected chi connectivity index (χ1v) is 6.45. The summed E-state index contributed by atoms with van der Waals surface area (Å²) >= 11 is 1.97. The molecule has 0 spiro atoms. The Hall–Kier alpha value is -1.24. The fourth-order valence-corrected chi connectivity index (χ4v) is 2.85. The summed E-state index contributed by atoms with van der Waals surface area (Å²) in [7, 11) is 0. The molecule has 16 heavy (non-hydrogen) atoms. The van der Waals surface area contributed by atoms with Gasteiger partial charge in [-0.15, -0.1) is 5.10 Å². The first-order valence-electron chi connectivity index (χ1n) is 5.29. The van der Waals surface area contributed by atoms with Gasteiger partial charge in [-0.05, 0) is 30.3 Å². The molecule has 1 fully saturated rings. The molecule has 1 amide bonds. The Morgan fingerprint density at radius 3 is 2.94 bits per heavy atom. The summed E-state index contributed by atoms with van der Waals surface area (Å²) in [5.74, 6) is 3.01. The Morgan fingerprint density at radius 1 is 1.56 bits per heavy atom. The van der Waals surface area contributed by atoms with Gasteiger partial charge in [0.25, 0.3) is 5.91 Å². The number of hydrogen-bond acceptors (Lipinski definition) is 5. The molecular weight excluding hydrogens is 226 g/mol. The van der Waals surface area contributed by atoms with Crippen LogP contribution in [0.15, 0.2) is 0 Å². The second-order valence-corrected chi connectivity index (χ2v) is 5.03. The Kier molecular flexibility index (Phi) is 3.66. The molecule has 1 aromatic rings. The molecule has 1 aliphatic heterocycles. The standard InChI is InChI=1S/C9H15N5OS/c10-9-12-7(13-14-9)8(15)11-5-6-1-3-16-4-2-6/h6H,1-5H2,(H,11,15)(H3,10,12,13,14). The lowest BCUT2D eigenvalue weighted by Crippen LogP contribution is -2.31. The van der Waals surface area contributed by atoms with E-state index in [1.807, 2.05) is 11.8 Å². The van der Waals surface area contributed by atoms with Crippen LogP contribution in [0.1, 0.15) is 23.5 Å². The third-order valence-corrected chi connectivity index (χ3v) is 3.66. The third-order valence-electron chi connectivity index (χ3n) is 2.61. The van der Waals surface area contributed by atoms with Crippen molar-refractivity contribution in [3.8, 4) is 0 Å². The van der Waals surface area contributed by atoms with E-state index in [-0.39, 0.29) is 17.7 Å². The van der Waals surface area contributed by atoms with Crippen molar-refractivity contribution < 1.29 is 4.79 Å². The van der Waals surface area contributed by atoms with Gasteiger partial charge < -0.3 is 11.1 Å². The molecule has 88 valence electrons. The molecule has 0 atom stereocenters. The van der Waals surface area contributed by atoms with Crippen molar-refractivity contribution in [1.29, 1.82) is 0 Å². The van der Waals surface area contributed by atoms with Gasteiger partial charge in [-0.1, -0.05) is 0 Å². The first kappa shape index (κ1) is 11.3. The van der Waals surface area contributed by atoms with Gasteiger partial charge in [0.2, 0.25) is 11.8 Å². The number of aromatic nitrogens is 3. The van der Waals surface area contributed by atoms with Crippen LogP contribution in [0.4, 0.5) is 5.95 Å². The molecule has 0 saturated carbocycles. The highest BCUT2D eigenvalue weighted by atomic mass is 32.2. The zero-order valence-electron chi connectivity index (χ0n) is 8.90. The van der Waals surface area contributed by atoms with Gasteiger partial charge in [0.05, 0.1) is 0 Å². The van der Waals surface area contributed by atoms with E-state index >= 15 is 0 Å². The quantitative estimate of drug-likeness (QED) is 0.705. The summed E-state index contributed by atoms with van der Waals surface area (Å²) in [6.07, 6.45) is 2.34. The molecule has 4 N–H and O–H groups in total. The molecule has 2 heterocycles. The number of H-pyrrole nitrogens is 1. The van der Waals surface area contributed by atoms with Crippen LogP contribution in [0.5, 0.6) is 0 Å². The predicted molar refractivity (Wildman–Crippen MR) is 63.2 cm³/mol. The molecular formula is C9H15N5OS. The molecule has 1 aliphatic rings. The summed E-state index contributed by atoms with van der Waals surface area (Å²) in [5, 5.41) is 8.95. The lowest BCUT2D eigenvalue weighted by molar-refractivity contribution is 0.0936. The number of rotatable bonds is 3. The number of thioether (sulfide) groups is 1. The van der Waals surface area contributed by atoms with Crippen molar-refractivity contribution in [3.63, 3.8) is 0 Å². The summed E-state index contributed by atoms with van der Waals surface area (Å²) in [6.45, 7) is 0.708. The maximum absolute atomic E-state index is 11.6. The number of hydrogen-bond donors (Lipinski definition) is 3. The van der Waals surface area contributed by atoms with Crippen LogP contribution in [0.3, 0.4) is 0 Å². The normalized spacial score (nSPS) is 17.2. The number of nitrogens with zero attached hydrogens (tertiary/aromatic N) is 2. The molecule has 0 aliphatic carbocycles. The van der Waals surface area contributed by atoms with Gasteiger partial charge in [0, 0.05) is 6.54 Å². The Labute approximate surface area is 97.8 Å². The van der Waals surface area contributed by atoms with Crippen LogP contribution in [-0.2, 0) is 0 Å². The fourth-order valence-electron chi connectivity index (χ4n) is 1.65. The highest BCUT2D eigenvalue weighted by Gasteiger charge is 2.16. The highest BCUT2D eigenvalue weighted by molar-refractivity contribution is 7.99. The number of carbonyl (C=O) groups excluding carboxylic acids is 1. The molecule has 0 bridgehead atoms. The number of carbonyl (C=O) groups is 1. The van der Waals surface area contributed by atoms with Crippen LogP contribution in [0.2, 0.25) is 0 Å². The number of aromatic amines is 1. The van der Waals surface area contributed by atoms with Gasteiger partial charge >= 0.3 is 0 Å². The van der Waals surface area contributed by atoms with Crippen LogP contribution < -0.4 is 11.1 Å². The minimum absolute atomic E-state index is 0.0965. The first-order chi connectivity index (χ1) is 7.75. The molecule has 0 unspecified atom stereocenters. The average Bonchev–Trinajstić information content (AvgIpc) is 2.74. The Balaban J connectivity index is 1.79. The van der Waals surface area contributed by atoms with Crippen molar-refractivity contribution in [2.45, 2.75) is 12.8 Å².